The second-order valence-corrected chi connectivity index (χ2v) is 6.38. The molecular formula is C14H13ClFNO3S. The molecule has 4 nitrogen and oxygen atoms in total. The van der Waals surface area contributed by atoms with Crippen LogP contribution in [0.3, 0.4) is 0 Å². The van der Waals surface area contributed by atoms with Gasteiger partial charge in [-0.3, -0.25) is 0 Å². The molecule has 0 unspecified atom stereocenters. The van der Waals surface area contributed by atoms with Gasteiger partial charge in [-0.05, 0) is 36.8 Å². The van der Waals surface area contributed by atoms with E-state index >= 15 is 0 Å². The Morgan fingerprint density at radius 2 is 2.00 bits per heavy atom. The Morgan fingerprint density at radius 1 is 1.29 bits per heavy atom. The number of sulfonamides is 1. The van der Waals surface area contributed by atoms with Gasteiger partial charge in [0, 0.05) is 5.56 Å². The van der Waals surface area contributed by atoms with E-state index in [1.54, 1.807) is 19.1 Å². The number of primary sulfonamides is 1. The summed E-state index contributed by atoms with van der Waals surface area (Å²) in [6.07, 6.45) is 0. The number of halogens is 2. The van der Waals surface area contributed by atoms with Gasteiger partial charge in [-0.2, -0.15) is 0 Å². The van der Waals surface area contributed by atoms with Crippen LogP contribution in [0, 0.1) is 12.7 Å². The summed E-state index contributed by atoms with van der Waals surface area (Å²) in [5.41, 5.74) is 0.977. The highest BCUT2D eigenvalue weighted by Gasteiger charge is 2.12. The SMILES string of the molecule is Cc1cc(OCc2cccc(F)c2Cl)ccc1S(N)(=O)=O. The Balaban J connectivity index is 2.18. The zero-order chi connectivity index (χ0) is 15.6. The Hall–Kier alpha value is -1.63. The second-order valence-electron chi connectivity index (χ2n) is 4.47. The molecule has 0 aliphatic carbocycles. The number of nitrogens with two attached hydrogens (primary N) is 1. The molecule has 112 valence electrons. The van der Waals surface area contributed by atoms with Crippen LogP contribution in [0.2, 0.25) is 5.02 Å². The van der Waals surface area contributed by atoms with Gasteiger partial charge >= 0.3 is 0 Å². The van der Waals surface area contributed by atoms with Crippen LogP contribution in [-0.4, -0.2) is 8.42 Å². The van der Waals surface area contributed by atoms with Crippen LogP contribution in [-0.2, 0) is 16.6 Å². The van der Waals surface area contributed by atoms with Gasteiger partial charge in [0.25, 0.3) is 0 Å². The molecule has 0 fully saturated rings. The standard InChI is InChI=1S/C14H13ClFNO3S/c1-9-7-11(5-6-13(9)21(17,18)19)20-8-10-3-2-4-12(16)14(10)15/h2-7H,8H2,1H3,(H2,17,18,19). The highest BCUT2D eigenvalue weighted by atomic mass is 35.5. The summed E-state index contributed by atoms with van der Waals surface area (Å²) in [6.45, 7) is 1.69. The second kappa shape index (κ2) is 6.01. The molecule has 0 radical (unpaired) electrons. The van der Waals surface area contributed by atoms with Gasteiger partial charge in [-0.15, -0.1) is 0 Å². The molecule has 21 heavy (non-hydrogen) atoms. The molecule has 2 aromatic rings. The monoisotopic (exact) mass is 329 g/mol. The molecule has 0 spiro atoms. The molecule has 0 aliphatic rings. The molecule has 2 N–H and O–H groups in total. The molecule has 0 saturated heterocycles. The van der Waals surface area contributed by atoms with Gasteiger partial charge < -0.3 is 4.74 Å². The molecule has 0 saturated carbocycles. The van der Waals surface area contributed by atoms with E-state index in [4.69, 9.17) is 21.5 Å². The number of aryl methyl sites for hydroxylation is 1. The Bertz CT molecular complexity index is 778. The van der Waals surface area contributed by atoms with Crippen molar-refractivity contribution in [3.8, 4) is 5.75 Å². The predicted octanol–water partition coefficient (Wildman–Crippen LogP) is 3.01. The van der Waals surface area contributed by atoms with E-state index < -0.39 is 15.8 Å². The predicted molar refractivity (Wildman–Crippen MR) is 78.3 cm³/mol. The molecule has 0 bridgehead atoms. The van der Waals surface area contributed by atoms with Crippen molar-refractivity contribution < 1.29 is 17.5 Å². The lowest BCUT2D eigenvalue weighted by Crippen LogP contribution is -2.13. The van der Waals surface area contributed by atoms with Crippen LogP contribution in [0.25, 0.3) is 0 Å². The zero-order valence-corrected chi connectivity index (χ0v) is 12.7. The molecule has 0 aliphatic heterocycles. The molecule has 7 heteroatoms. The van der Waals surface area contributed by atoms with Gasteiger partial charge in [0.2, 0.25) is 10.0 Å². The molecule has 2 aromatic carbocycles. The van der Waals surface area contributed by atoms with Crippen molar-refractivity contribution in [2.75, 3.05) is 0 Å². The lowest BCUT2D eigenvalue weighted by atomic mass is 10.2. The van der Waals surface area contributed by atoms with E-state index in [0.29, 0.717) is 16.9 Å². The Labute approximate surface area is 127 Å². The minimum atomic E-state index is -3.76. The van der Waals surface area contributed by atoms with Crippen LogP contribution in [0.4, 0.5) is 4.39 Å². The summed E-state index contributed by atoms with van der Waals surface area (Å²) >= 11 is 5.82. The minimum Gasteiger partial charge on any atom is -0.489 e. The van der Waals surface area contributed by atoms with Crippen molar-refractivity contribution in [3.05, 3.63) is 58.4 Å². The summed E-state index contributed by atoms with van der Waals surface area (Å²) in [5.74, 6) is -0.0706. The van der Waals surface area contributed by atoms with E-state index in [9.17, 15) is 12.8 Å². The third kappa shape index (κ3) is 3.72. The van der Waals surface area contributed by atoms with E-state index in [1.165, 1.54) is 24.3 Å². The lowest BCUT2D eigenvalue weighted by Gasteiger charge is -2.10. The first-order valence-electron chi connectivity index (χ1n) is 5.98. The van der Waals surface area contributed by atoms with Gasteiger partial charge in [-0.25, -0.2) is 17.9 Å². The number of hydrogen-bond acceptors (Lipinski definition) is 3. The highest BCUT2D eigenvalue weighted by Crippen LogP contribution is 2.24. The average molecular weight is 330 g/mol. The topological polar surface area (TPSA) is 69.4 Å². The first kappa shape index (κ1) is 15.8. The number of hydrogen-bond donors (Lipinski definition) is 1. The maximum absolute atomic E-state index is 13.3. The van der Waals surface area contributed by atoms with Gasteiger partial charge in [0.15, 0.2) is 0 Å². The van der Waals surface area contributed by atoms with Crippen molar-refractivity contribution in [3.63, 3.8) is 0 Å². The number of rotatable bonds is 4. The van der Waals surface area contributed by atoms with Crippen molar-refractivity contribution >= 4 is 21.6 Å². The first-order chi connectivity index (χ1) is 9.79. The summed E-state index contributed by atoms with van der Waals surface area (Å²) in [4.78, 5) is 0.0404. The summed E-state index contributed by atoms with van der Waals surface area (Å²) in [7, 11) is -3.76. The fraction of sp³-hybridized carbons (Fsp3) is 0.143. The smallest absolute Gasteiger partial charge is 0.238 e. The third-order valence-electron chi connectivity index (χ3n) is 2.88. The average Bonchev–Trinajstić information content (AvgIpc) is 2.39. The van der Waals surface area contributed by atoms with Gasteiger partial charge in [0.05, 0.1) is 9.92 Å². The normalized spacial score (nSPS) is 11.4. The number of ether oxygens (including phenoxy) is 1. The molecular weight excluding hydrogens is 317 g/mol. The van der Waals surface area contributed by atoms with Crippen LogP contribution in [0.15, 0.2) is 41.3 Å². The fourth-order valence-electron chi connectivity index (χ4n) is 1.85. The maximum Gasteiger partial charge on any atom is 0.238 e. The minimum absolute atomic E-state index is 0.00961. The van der Waals surface area contributed by atoms with E-state index in [2.05, 4.69) is 0 Å². The molecule has 0 atom stereocenters. The molecule has 2 rings (SSSR count). The van der Waals surface area contributed by atoms with Crippen LogP contribution >= 0.6 is 11.6 Å². The van der Waals surface area contributed by atoms with Gasteiger partial charge in [0.1, 0.15) is 18.2 Å². The highest BCUT2D eigenvalue weighted by molar-refractivity contribution is 7.89. The molecule has 0 heterocycles. The third-order valence-corrected chi connectivity index (χ3v) is 4.37. The zero-order valence-electron chi connectivity index (χ0n) is 11.1. The molecule has 0 amide bonds. The largest absolute Gasteiger partial charge is 0.489 e. The maximum atomic E-state index is 13.3. The summed E-state index contributed by atoms with van der Waals surface area (Å²) < 4.78 is 41.4. The summed E-state index contributed by atoms with van der Waals surface area (Å²) in [5, 5.41) is 5.09. The van der Waals surface area contributed by atoms with Crippen molar-refractivity contribution in [2.24, 2.45) is 5.14 Å². The molecule has 0 aromatic heterocycles. The van der Waals surface area contributed by atoms with Crippen molar-refractivity contribution in [2.45, 2.75) is 18.4 Å². The quantitative estimate of drug-likeness (QED) is 0.937. The Morgan fingerprint density at radius 3 is 2.62 bits per heavy atom. The van der Waals surface area contributed by atoms with Crippen LogP contribution in [0.5, 0.6) is 5.75 Å². The van der Waals surface area contributed by atoms with Gasteiger partial charge in [-0.1, -0.05) is 23.7 Å². The van der Waals surface area contributed by atoms with Crippen LogP contribution in [0.1, 0.15) is 11.1 Å². The van der Waals surface area contributed by atoms with Crippen molar-refractivity contribution in [1.82, 2.24) is 0 Å². The summed E-state index contributed by atoms with van der Waals surface area (Å²) in [6, 6.07) is 8.85. The van der Waals surface area contributed by atoms with Crippen molar-refractivity contribution in [1.29, 1.82) is 0 Å². The van der Waals surface area contributed by atoms with E-state index in [-0.39, 0.29) is 16.5 Å². The van der Waals surface area contributed by atoms with Crippen LogP contribution < -0.4 is 9.88 Å². The van der Waals surface area contributed by atoms with E-state index in [0.717, 1.165) is 0 Å². The number of benzene rings is 2. The Kier molecular flexibility index (Phi) is 4.51. The fourth-order valence-corrected chi connectivity index (χ4v) is 2.80. The first-order valence-corrected chi connectivity index (χ1v) is 7.90. The van der Waals surface area contributed by atoms with E-state index in [1.807, 2.05) is 0 Å². The lowest BCUT2D eigenvalue weighted by molar-refractivity contribution is 0.305.